The Balaban J connectivity index is 1.29. The van der Waals surface area contributed by atoms with E-state index in [4.69, 9.17) is 0 Å². The molecule has 55 heavy (non-hydrogen) atoms. The van der Waals surface area contributed by atoms with Gasteiger partial charge in [-0.15, -0.1) is 0 Å². The van der Waals surface area contributed by atoms with Gasteiger partial charge in [0.05, 0.1) is 22.2 Å². The molecule has 0 saturated carbocycles. The van der Waals surface area contributed by atoms with E-state index >= 15 is 0 Å². The maximum Gasteiger partial charge on any atom is 0.265 e. The molecule has 4 aromatic carbocycles. The van der Waals surface area contributed by atoms with Crippen LogP contribution in [0.2, 0.25) is 0 Å². The first-order valence-electron chi connectivity index (χ1n) is 18.3. The number of allylic oxidation sites excluding steroid dienone is 4. The van der Waals surface area contributed by atoms with Gasteiger partial charge in [0, 0.05) is 30.0 Å². The predicted molar refractivity (Wildman–Crippen MR) is 226 cm³/mol. The Morgan fingerprint density at radius 1 is 0.764 bits per heavy atom. The average Bonchev–Trinajstić information content (AvgIpc) is 3.65. The van der Waals surface area contributed by atoms with E-state index in [2.05, 4.69) is 103 Å². The van der Waals surface area contributed by atoms with Gasteiger partial charge in [-0.05, 0) is 94.8 Å². The van der Waals surface area contributed by atoms with Gasteiger partial charge in [-0.1, -0.05) is 110 Å². The van der Waals surface area contributed by atoms with Gasteiger partial charge in [0.1, 0.15) is 4.70 Å². The van der Waals surface area contributed by atoms with E-state index in [0.29, 0.717) is 13.1 Å². The number of thioether (sulfide) groups is 1. The monoisotopic (exact) mass is 813 g/mol. The van der Waals surface area contributed by atoms with Gasteiger partial charge in [0.2, 0.25) is 5.52 Å². The summed E-state index contributed by atoms with van der Waals surface area (Å²) in [5, 5.41) is 2.02. The molecular formula is C43H45N2O6S4+. The van der Waals surface area contributed by atoms with Crippen molar-refractivity contribution < 1.29 is 30.5 Å². The van der Waals surface area contributed by atoms with E-state index in [1.54, 1.807) is 23.1 Å². The fraction of sp³-hybridized carbons (Fsp3) is 0.279. The first-order chi connectivity index (χ1) is 26.1. The minimum atomic E-state index is -4.11. The molecule has 0 atom stereocenters. The number of fused-ring (bicyclic) bond motifs is 2. The summed E-state index contributed by atoms with van der Waals surface area (Å²) in [4.78, 5) is 3.27. The fourth-order valence-corrected chi connectivity index (χ4v) is 10.8. The van der Waals surface area contributed by atoms with Crippen molar-refractivity contribution in [2.45, 2.75) is 57.9 Å². The smallest absolute Gasteiger partial charge is 0.265 e. The van der Waals surface area contributed by atoms with Gasteiger partial charge >= 0.3 is 0 Å². The molecule has 1 aromatic heterocycles. The predicted octanol–water partition coefficient (Wildman–Crippen LogP) is 10.1. The third-order valence-electron chi connectivity index (χ3n) is 10.1. The second kappa shape index (κ2) is 15.8. The van der Waals surface area contributed by atoms with E-state index in [0.717, 1.165) is 65.9 Å². The zero-order valence-electron chi connectivity index (χ0n) is 31.1. The Hall–Kier alpha value is -4.04. The van der Waals surface area contributed by atoms with Crippen LogP contribution in [0.4, 0.5) is 5.69 Å². The molecule has 7 rings (SSSR count). The summed E-state index contributed by atoms with van der Waals surface area (Å²) < 4.78 is 69.2. The molecule has 2 N–H and O–H groups in total. The van der Waals surface area contributed by atoms with Crippen molar-refractivity contribution in [2.75, 3.05) is 23.0 Å². The lowest BCUT2D eigenvalue weighted by molar-refractivity contribution is -0.668. The summed E-state index contributed by atoms with van der Waals surface area (Å²) in [5.74, 6) is -0.633. The Morgan fingerprint density at radius 2 is 1.38 bits per heavy atom. The van der Waals surface area contributed by atoms with Gasteiger partial charge in [-0.3, -0.25) is 9.11 Å². The van der Waals surface area contributed by atoms with Crippen molar-refractivity contribution in [2.24, 2.45) is 5.41 Å². The van der Waals surface area contributed by atoms with Crippen molar-refractivity contribution in [3.63, 3.8) is 0 Å². The van der Waals surface area contributed by atoms with Crippen molar-refractivity contribution in [3.8, 4) is 22.3 Å². The van der Waals surface area contributed by atoms with Gasteiger partial charge in [0.15, 0.2) is 6.54 Å². The quantitative estimate of drug-likeness (QED) is 0.0945. The van der Waals surface area contributed by atoms with E-state index < -0.39 is 20.2 Å². The van der Waals surface area contributed by atoms with Crippen molar-refractivity contribution >= 4 is 65.3 Å². The highest BCUT2D eigenvalue weighted by Crippen LogP contribution is 2.50. The van der Waals surface area contributed by atoms with E-state index in [1.807, 2.05) is 36.4 Å². The van der Waals surface area contributed by atoms with Crippen LogP contribution >= 0.6 is 23.1 Å². The first kappa shape index (κ1) is 39.2. The topological polar surface area (TPSA) is 116 Å². The number of hydrogen-bond acceptors (Lipinski definition) is 7. The molecule has 0 saturated heterocycles. The summed E-state index contributed by atoms with van der Waals surface area (Å²) >= 11 is 3.35. The molecule has 12 heteroatoms. The highest BCUT2D eigenvalue weighted by Gasteiger charge is 2.32. The number of aromatic nitrogens is 1. The Bertz CT molecular complexity index is 2560. The van der Waals surface area contributed by atoms with E-state index in [-0.39, 0.29) is 29.8 Å². The highest BCUT2D eigenvalue weighted by atomic mass is 32.2. The van der Waals surface area contributed by atoms with Crippen LogP contribution in [0.15, 0.2) is 130 Å². The van der Waals surface area contributed by atoms with Crippen molar-refractivity contribution in [1.29, 1.82) is 0 Å². The zero-order valence-corrected chi connectivity index (χ0v) is 34.4. The molecular weight excluding hydrogens is 769 g/mol. The largest absolute Gasteiger partial charge is 0.335 e. The molecule has 5 aromatic rings. The fourth-order valence-electron chi connectivity index (χ4n) is 7.49. The minimum absolute atomic E-state index is 0.0584. The summed E-state index contributed by atoms with van der Waals surface area (Å²) in [7, 11) is -8.21. The lowest BCUT2D eigenvalue weighted by atomic mass is 9.72. The molecule has 8 nitrogen and oxygen atoms in total. The average molecular weight is 814 g/mol. The molecule has 1 aliphatic heterocycles. The molecule has 2 heterocycles. The number of aryl methyl sites for hydroxylation is 1. The maximum absolute atomic E-state index is 11.7. The highest BCUT2D eigenvalue weighted by molar-refractivity contribution is 8.03. The molecule has 0 bridgehead atoms. The molecule has 1 aliphatic carbocycles. The molecule has 286 valence electrons. The summed E-state index contributed by atoms with van der Waals surface area (Å²) in [6, 6.07) is 33.2. The molecule has 0 radical (unpaired) electrons. The van der Waals surface area contributed by atoms with Crippen molar-refractivity contribution in [3.05, 3.63) is 130 Å². The number of anilines is 1. The van der Waals surface area contributed by atoms with Crippen molar-refractivity contribution in [1.82, 2.24) is 0 Å². The second-order valence-electron chi connectivity index (χ2n) is 15.0. The number of nitrogens with zero attached hydrogens (tertiary/aromatic N) is 2. The van der Waals surface area contributed by atoms with Crippen LogP contribution in [-0.4, -0.2) is 44.0 Å². The van der Waals surface area contributed by atoms with Gasteiger partial charge in [-0.2, -0.15) is 21.4 Å². The lowest BCUT2D eigenvalue weighted by Crippen LogP contribution is -2.36. The Labute approximate surface area is 332 Å². The van der Waals surface area contributed by atoms with Crippen LogP contribution in [0.3, 0.4) is 0 Å². The standard InChI is InChI=1S/C43H44N2O6S4/c1-30-35(26-41-44(20-10-22-54(46,47)48)37-24-33(16-18-39(37)52-41)31-12-6-4-7-13-31)28-43(2,3)29-36(30)27-42-45(21-11-23-55(49,50)51)38-25-34(17-19-40(38)53-42)32-14-8-5-9-15-32/h4-9,12-19,24-27H,10-11,20-23,28-29H2,1-3H3,(H-,46,47,48,49,50,51)/p+1. The van der Waals surface area contributed by atoms with Crippen LogP contribution in [0, 0.1) is 5.41 Å². The van der Waals surface area contributed by atoms with Gasteiger partial charge in [0.25, 0.3) is 25.2 Å². The third-order valence-corrected chi connectivity index (χ3v) is 14.0. The minimum Gasteiger partial charge on any atom is -0.335 e. The van der Waals surface area contributed by atoms with Crippen LogP contribution in [-0.2, 0) is 26.8 Å². The SMILES string of the molecule is CC1=C(/C=C2\Sc3ccc(-c4ccccc4)cc3N2CCCS(=O)(=O)O)CC(C)(C)C/C1=C\c1sc2ccc(-c3ccccc3)cc2[n+]1CCCS(=O)(=O)O. The van der Waals surface area contributed by atoms with Crippen LogP contribution in [0.5, 0.6) is 0 Å². The normalized spacial score (nSPS) is 17.4. The summed E-state index contributed by atoms with van der Waals surface area (Å²) in [6.45, 7) is 7.57. The number of thiazole rings is 1. The molecule has 0 spiro atoms. The van der Waals surface area contributed by atoms with Gasteiger partial charge < -0.3 is 4.90 Å². The zero-order chi connectivity index (χ0) is 39.0. The van der Waals surface area contributed by atoms with Crippen LogP contribution in [0.25, 0.3) is 38.5 Å². The Morgan fingerprint density at radius 3 is 2.04 bits per heavy atom. The van der Waals surface area contributed by atoms with E-state index in [9.17, 15) is 25.9 Å². The molecule has 0 fully saturated rings. The third kappa shape index (κ3) is 9.50. The molecule has 0 unspecified atom stereocenters. The van der Waals surface area contributed by atoms with Crippen LogP contribution < -0.4 is 9.47 Å². The second-order valence-corrected chi connectivity index (χ2v) is 20.3. The molecule has 2 aliphatic rings. The Kier molecular flexibility index (Phi) is 11.3. The number of benzene rings is 4. The maximum atomic E-state index is 11.7. The summed E-state index contributed by atoms with van der Waals surface area (Å²) in [5.41, 5.74) is 9.90. The van der Waals surface area contributed by atoms with E-state index in [1.165, 1.54) is 16.7 Å². The number of hydrogen-bond donors (Lipinski definition) is 2. The summed E-state index contributed by atoms with van der Waals surface area (Å²) in [6.07, 6.45) is 6.76. The van der Waals surface area contributed by atoms with Gasteiger partial charge in [-0.25, -0.2) is 0 Å². The first-order valence-corrected chi connectivity index (χ1v) is 23.2. The van der Waals surface area contributed by atoms with Crippen LogP contribution in [0.1, 0.15) is 51.5 Å². The number of rotatable bonds is 12. The molecule has 0 amide bonds. The lowest BCUT2D eigenvalue weighted by Gasteiger charge is -2.33.